The number of hydrogen-bond donors (Lipinski definition) is 0. The minimum Gasteiger partial charge on any atom is -0.383 e. The van der Waals surface area contributed by atoms with Gasteiger partial charge in [0.25, 0.3) is 0 Å². The third-order valence-electron chi connectivity index (χ3n) is 2.81. The molecular weight excluding hydrogens is 178 g/mol. The Morgan fingerprint density at radius 1 is 1.21 bits per heavy atom. The first kappa shape index (κ1) is 13.9. The highest BCUT2D eigenvalue weighted by molar-refractivity contribution is 4.83. The van der Waals surface area contributed by atoms with Crippen molar-refractivity contribution in [2.24, 2.45) is 0 Å². The third kappa shape index (κ3) is 3.95. The molecule has 3 nitrogen and oxygen atoms in total. The highest BCUT2D eigenvalue weighted by Crippen LogP contribution is 2.17. The molecule has 2 atom stereocenters. The fourth-order valence-corrected chi connectivity index (χ4v) is 1.39. The molecule has 0 aliphatic rings. The highest BCUT2D eigenvalue weighted by Gasteiger charge is 2.29. The van der Waals surface area contributed by atoms with Crippen LogP contribution >= 0.6 is 0 Å². The number of methoxy groups -OCH3 is 2. The van der Waals surface area contributed by atoms with Crippen LogP contribution in [0.5, 0.6) is 0 Å². The Bertz CT molecular complexity index is 154. The van der Waals surface area contributed by atoms with Crippen molar-refractivity contribution in [2.45, 2.75) is 45.4 Å². The van der Waals surface area contributed by atoms with Gasteiger partial charge in [0, 0.05) is 19.8 Å². The molecule has 3 heteroatoms. The molecule has 0 amide bonds. The van der Waals surface area contributed by atoms with Gasteiger partial charge in [-0.15, -0.1) is 0 Å². The molecule has 0 heterocycles. The average molecular weight is 203 g/mol. The van der Waals surface area contributed by atoms with E-state index in [1.54, 1.807) is 14.2 Å². The van der Waals surface area contributed by atoms with Gasteiger partial charge in [-0.05, 0) is 34.7 Å². The molecule has 0 aliphatic heterocycles. The van der Waals surface area contributed by atoms with Crippen LogP contribution in [0.2, 0.25) is 0 Å². The van der Waals surface area contributed by atoms with Crippen molar-refractivity contribution in [3.05, 3.63) is 0 Å². The first-order valence-electron chi connectivity index (χ1n) is 5.09. The molecule has 0 saturated carbocycles. The fourth-order valence-electron chi connectivity index (χ4n) is 1.39. The Hall–Kier alpha value is -0.120. The minimum absolute atomic E-state index is 0.135. The summed E-state index contributed by atoms with van der Waals surface area (Å²) in [5, 5.41) is 0. The largest absolute Gasteiger partial charge is 0.383 e. The molecule has 0 fully saturated rings. The van der Waals surface area contributed by atoms with Crippen LogP contribution in [-0.2, 0) is 9.47 Å². The van der Waals surface area contributed by atoms with Crippen LogP contribution in [-0.4, -0.2) is 50.5 Å². The summed E-state index contributed by atoms with van der Waals surface area (Å²) in [4.78, 5) is 2.30. The van der Waals surface area contributed by atoms with Gasteiger partial charge >= 0.3 is 0 Å². The molecule has 0 rings (SSSR count). The van der Waals surface area contributed by atoms with Crippen molar-refractivity contribution < 1.29 is 9.47 Å². The summed E-state index contributed by atoms with van der Waals surface area (Å²) in [6.07, 6.45) is 0.180. The van der Waals surface area contributed by atoms with Crippen molar-refractivity contribution in [3.63, 3.8) is 0 Å². The van der Waals surface area contributed by atoms with E-state index in [0.29, 0.717) is 12.6 Å². The van der Waals surface area contributed by atoms with Crippen molar-refractivity contribution in [2.75, 3.05) is 27.9 Å². The summed E-state index contributed by atoms with van der Waals surface area (Å²) in [6, 6.07) is 0.296. The summed E-state index contributed by atoms with van der Waals surface area (Å²) in [7, 11) is 5.58. The van der Waals surface area contributed by atoms with Gasteiger partial charge in [-0.2, -0.15) is 0 Å². The Morgan fingerprint density at radius 2 is 1.71 bits per heavy atom. The van der Waals surface area contributed by atoms with Gasteiger partial charge in [-0.1, -0.05) is 0 Å². The lowest BCUT2D eigenvalue weighted by molar-refractivity contribution is -0.0323. The lowest BCUT2D eigenvalue weighted by Gasteiger charge is -2.40. The van der Waals surface area contributed by atoms with E-state index in [9.17, 15) is 0 Å². The molecule has 0 aromatic heterocycles. The molecule has 0 bridgehead atoms. The second kappa shape index (κ2) is 5.69. The predicted molar refractivity (Wildman–Crippen MR) is 59.7 cm³/mol. The van der Waals surface area contributed by atoms with Crippen LogP contribution in [0.1, 0.15) is 27.7 Å². The third-order valence-corrected chi connectivity index (χ3v) is 2.81. The second-order valence-corrected chi connectivity index (χ2v) is 4.75. The molecule has 0 aromatic rings. The molecular formula is C11H25NO2. The lowest BCUT2D eigenvalue weighted by Crippen LogP contribution is -2.52. The van der Waals surface area contributed by atoms with Gasteiger partial charge in [-0.25, -0.2) is 0 Å². The molecule has 0 N–H and O–H groups in total. The number of hydrogen-bond acceptors (Lipinski definition) is 3. The zero-order valence-corrected chi connectivity index (χ0v) is 10.6. The smallest absolute Gasteiger partial charge is 0.0720 e. The highest BCUT2D eigenvalue weighted by atomic mass is 16.5. The SMILES string of the molecule is COCC(C(C)OC)N(C)C(C)(C)C. The predicted octanol–water partition coefficient (Wildman–Crippen LogP) is 1.77. The molecule has 0 aromatic carbocycles. The van der Waals surface area contributed by atoms with Gasteiger partial charge in [0.1, 0.15) is 0 Å². The van der Waals surface area contributed by atoms with Gasteiger partial charge < -0.3 is 9.47 Å². The van der Waals surface area contributed by atoms with Gasteiger partial charge in [0.2, 0.25) is 0 Å². The Morgan fingerprint density at radius 3 is 2.00 bits per heavy atom. The minimum atomic E-state index is 0.135. The quantitative estimate of drug-likeness (QED) is 0.679. The Kier molecular flexibility index (Phi) is 5.64. The van der Waals surface area contributed by atoms with Crippen molar-refractivity contribution in [1.29, 1.82) is 0 Å². The molecule has 0 radical (unpaired) electrons. The monoisotopic (exact) mass is 203 g/mol. The molecule has 0 aliphatic carbocycles. The van der Waals surface area contributed by atoms with Crippen LogP contribution in [0.15, 0.2) is 0 Å². The van der Waals surface area contributed by atoms with E-state index in [1.165, 1.54) is 0 Å². The Balaban J connectivity index is 4.48. The van der Waals surface area contributed by atoms with E-state index in [1.807, 2.05) is 0 Å². The Labute approximate surface area is 88.4 Å². The molecule has 0 spiro atoms. The summed E-state index contributed by atoms with van der Waals surface area (Å²) in [5.74, 6) is 0. The average Bonchev–Trinajstić information content (AvgIpc) is 2.10. The number of likely N-dealkylation sites (N-methyl/N-ethyl adjacent to an activating group) is 1. The maximum absolute atomic E-state index is 5.36. The molecule has 14 heavy (non-hydrogen) atoms. The standard InChI is InChI=1S/C11H25NO2/c1-9(14-7)10(8-13-6)12(5)11(2,3)4/h9-10H,8H2,1-7H3. The van der Waals surface area contributed by atoms with E-state index in [4.69, 9.17) is 9.47 Å². The second-order valence-electron chi connectivity index (χ2n) is 4.75. The van der Waals surface area contributed by atoms with Gasteiger partial charge in [-0.3, -0.25) is 4.90 Å². The van der Waals surface area contributed by atoms with Crippen molar-refractivity contribution in [3.8, 4) is 0 Å². The normalized spacial score (nSPS) is 17.1. The molecule has 2 unspecified atom stereocenters. The van der Waals surface area contributed by atoms with E-state index >= 15 is 0 Å². The first-order valence-corrected chi connectivity index (χ1v) is 5.09. The topological polar surface area (TPSA) is 21.7 Å². The van der Waals surface area contributed by atoms with E-state index in [0.717, 1.165) is 0 Å². The summed E-state index contributed by atoms with van der Waals surface area (Å²) >= 11 is 0. The summed E-state index contributed by atoms with van der Waals surface area (Å²) in [6.45, 7) is 9.35. The van der Waals surface area contributed by atoms with Crippen LogP contribution in [0.3, 0.4) is 0 Å². The van der Waals surface area contributed by atoms with E-state index in [2.05, 4.69) is 39.6 Å². The van der Waals surface area contributed by atoms with Crippen LogP contribution < -0.4 is 0 Å². The van der Waals surface area contributed by atoms with Crippen molar-refractivity contribution in [1.82, 2.24) is 4.90 Å². The summed E-state index contributed by atoms with van der Waals surface area (Å²) in [5.41, 5.74) is 0.135. The summed E-state index contributed by atoms with van der Waals surface area (Å²) < 4.78 is 10.6. The maximum Gasteiger partial charge on any atom is 0.0720 e. The number of rotatable bonds is 5. The lowest BCUT2D eigenvalue weighted by atomic mass is 10.0. The number of ether oxygens (including phenoxy) is 2. The first-order chi connectivity index (χ1) is 6.34. The van der Waals surface area contributed by atoms with Crippen LogP contribution in [0.25, 0.3) is 0 Å². The number of nitrogens with zero attached hydrogens (tertiary/aromatic N) is 1. The fraction of sp³-hybridized carbons (Fsp3) is 1.00. The zero-order valence-electron chi connectivity index (χ0n) is 10.6. The van der Waals surface area contributed by atoms with Gasteiger partial charge in [0.05, 0.1) is 18.8 Å². The van der Waals surface area contributed by atoms with E-state index < -0.39 is 0 Å². The van der Waals surface area contributed by atoms with Crippen LogP contribution in [0.4, 0.5) is 0 Å². The van der Waals surface area contributed by atoms with Crippen LogP contribution in [0, 0.1) is 0 Å². The van der Waals surface area contributed by atoms with Gasteiger partial charge in [0.15, 0.2) is 0 Å². The van der Waals surface area contributed by atoms with Crippen molar-refractivity contribution >= 4 is 0 Å². The molecule has 0 saturated heterocycles. The molecule has 86 valence electrons. The maximum atomic E-state index is 5.36. The van der Waals surface area contributed by atoms with E-state index in [-0.39, 0.29) is 11.6 Å². The zero-order chi connectivity index (χ0) is 11.4.